The monoisotopic (exact) mass is 181 g/mol. The van der Waals surface area contributed by atoms with Crippen LogP contribution in [0.5, 0.6) is 0 Å². The van der Waals surface area contributed by atoms with E-state index >= 15 is 0 Å². The van der Waals surface area contributed by atoms with Crippen LogP contribution >= 0.6 is 0 Å². The van der Waals surface area contributed by atoms with Crippen molar-refractivity contribution in [2.24, 2.45) is 11.8 Å². The van der Waals surface area contributed by atoms with Gasteiger partial charge in [-0.2, -0.15) is 0 Å². The molecule has 1 aliphatic heterocycles. The molecule has 0 aromatic carbocycles. The number of likely N-dealkylation sites (tertiary alicyclic amines) is 1. The van der Waals surface area contributed by atoms with Crippen molar-refractivity contribution in [3.05, 3.63) is 0 Å². The van der Waals surface area contributed by atoms with Crippen LogP contribution in [0.3, 0.4) is 0 Å². The lowest BCUT2D eigenvalue weighted by molar-refractivity contribution is 0.165. The Kier molecular flexibility index (Phi) is 2.64. The van der Waals surface area contributed by atoms with Gasteiger partial charge < -0.3 is 0 Å². The predicted molar refractivity (Wildman–Crippen MR) is 56.8 cm³/mol. The second-order valence-electron chi connectivity index (χ2n) is 5.32. The van der Waals surface area contributed by atoms with E-state index in [9.17, 15) is 0 Å². The summed E-state index contributed by atoms with van der Waals surface area (Å²) in [4.78, 5) is 2.68. The Morgan fingerprint density at radius 1 is 1.15 bits per heavy atom. The summed E-state index contributed by atoms with van der Waals surface area (Å²) in [5, 5.41) is 0. The van der Waals surface area contributed by atoms with Crippen molar-refractivity contribution in [1.82, 2.24) is 4.90 Å². The van der Waals surface area contributed by atoms with Gasteiger partial charge >= 0.3 is 0 Å². The zero-order valence-electron chi connectivity index (χ0n) is 9.29. The first kappa shape index (κ1) is 9.51. The third kappa shape index (κ3) is 1.63. The average molecular weight is 181 g/mol. The molecule has 1 aliphatic carbocycles. The van der Waals surface area contributed by atoms with Gasteiger partial charge in [0.15, 0.2) is 0 Å². The fourth-order valence-electron chi connectivity index (χ4n) is 3.46. The minimum atomic E-state index is 0.843. The Morgan fingerprint density at radius 3 is 2.46 bits per heavy atom. The van der Waals surface area contributed by atoms with E-state index in [-0.39, 0.29) is 0 Å². The molecule has 2 fully saturated rings. The van der Waals surface area contributed by atoms with E-state index in [1.807, 2.05) is 0 Å². The van der Waals surface area contributed by atoms with Crippen molar-refractivity contribution in [3.63, 3.8) is 0 Å². The molecule has 0 bridgehead atoms. The zero-order chi connectivity index (χ0) is 9.42. The normalized spacial score (nSPS) is 41.1. The van der Waals surface area contributed by atoms with Crippen LogP contribution in [0.25, 0.3) is 0 Å². The Hall–Kier alpha value is -0.0400. The summed E-state index contributed by atoms with van der Waals surface area (Å²) in [7, 11) is 2.35. The van der Waals surface area contributed by atoms with E-state index < -0.39 is 0 Å². The summed E-state index contributed by atoms with van der Waals surface area (Å²) < 4.78 is 0. The lowest BCUT2D eigenvalue weighted by Crippen LogP contribution is -2.37. The van der Waals surface area contributed by atoms with Crippen molar-refractivity contribution in [2.75, 3.05) is 7.05 Å². The third-order valence-corrected chi connectivity index (χ3v) is 4.23. The van der Waals surface area contributed by atoms with E-state index in [0.29, 0.717) is 0 Å². The van der Waals surface area contributed by atoms with E-state index in [4.69, 9.17) is 0 Å². The maximum absolute atomic E-state index is 2.68. The van der Waals surface area contributed by atoms with Crippen LogP contribution in [-0.2, 0) is 0 Å². The van der Waals surface area contributed by atoms with E-state index in [1.165, 1.54) is 32.1 Å². The molecular formula is C12H23N. The molecule has 1 saturated heterocycles. The van der Waals surface area contributed by atoms with E-state index in [0.717, 1.165) is 23.9 Å². The van der Waals surface area contributed by atoms with Crippen LogP contribution in [0.2, 0.25) is 0 Å². The first-order chi connectivity index (χ1) is 6.20. The quantitative estimate of drug-likeness (QED) is 0.601. The van der Waals surface area contributed by atoms with Gasteiger partial charge in [0.1, 0.15) is 0 Å². The van der Waals surface area contributed by atoms with Crippen molar-refractivity contribution < 1.29 is 0 Å². The molecule has 1 heterocycles. The molecule has 1 heteroatoms. The number of nitrogens with zero attached hydrogens (tertiary/aromatic N) is 1. The van der Waals surface area contributed by atoms with Crippen LogP contribution in [0, 0.1) is 11.8 Å². The van der Waals surface area contributed by atoms with Crippen LogP contribution in [0.4, 0.5) is 0 Å². The summed E-state index contributed by atoms with van der Waals surface area (Å²) >= 11 is 0. The summed E-state index contributed by atoms with van der Waals surface area (Å²) in [6.07, 6.45) is 7.39. The molecule has 3 unspecified atom stereocenters. The molecule has 1 saturated carbocycles. The maximum Gasteiger partial charge on any atom is 0.0124 e. The van der Waals surface area contributed by atoms with E-state index in [2.05, 4.69) is 25.8 Å². The summed E-state index contributed by atoms with van der Waals surface area (Å²) in [5.41, 5.74) is 0. The summed E-state index contributed by atoms with van der Waals surface area (Å²) in [6.45, 7) is 4.75. The Balaban J connectivity index is 2.05. The van der Waals surface area contributed by atoms with Gasteiger partial charge in [-0.1, -0.05) is 26.7 Å². The number of hydrogen-bond acceptors (Lipinski definition) is 1. The SMILES string of the molecule is CC(C)C1CC2CCCCC2N1C. The average Bonchev–Trinajstić information content (AvgIpc) is 2.45. The molecule has 0 N–H and O–H groups in total. The topological polar surface area (TPSA) is 3.24 Å². The smallest absolute Gasteiger partial charge is 0.0124 e. The van der Waals surface area contributed by atoms with Crippen LogP contribution in [-0.4, -0.2) is 24.0 Å². The highest BCUT2D eigenvalue weighted by atomic mass is 15.2. The second-order valence-corrected chi connectivity index (χ2v) is 5.32. The van der Waals surface area contributed by atoms with Crippen molar-refractivity contribution in [2.45, 2.75) is 58.0 Å². The first-order valence-electron chi connectivity index (χ1n) is 5.92. The molecule has 0 radical (unpaired) electrons. The van der Waals surface area contributed by atoms with Crippen LogP contribution < -0.4 is 0 Å². The molecule has 2 rings (SSSR count). The predicted octanol–water partition coefficient (Wildman–Crippen LogP) is 2.91. The molecule has 2 aliphatic rings. The minimum absolute atomic E-state index is 0.843. The fourth-order valence-corrected chi connectivity index (χ4v) is 3.46. The lowest BCUT2D eigenvalue weighted by Gasteiger charge is -2.31. The molecular weight excluding hydrogens is 158 g/mol. The summed E-state index contributed by atoms with van der Waals surface area (Å²) in [6, 6.07) is 1.80. The van der Waals surface area contributed by atoms with Crippen molar-refractivity contribution in [1.29, 1.82) is 0 Å². The Bertz CT molecular complexity index is 174. The molecule has 0 aromatic heterocycles. The van der Waals surface area contributed by atoms with Gasteiger partial charge in [0.25, 0.3) is 0 Å². The largest absolute Gasteiger partial charge is 0.300 e. The molecule has 0 amide bonds. The number of fused-ring (bicyclic) bond motifs is 1. The first-order valence-corrected chi connectivity index (χ1v) is 5.92. The highest BCUT2D eigenvalue weighted by molar-refractivity contribution is 4.94. The van der Waals surface area contributed by atoms with Gasteiger partial charge in [-0.05, 0) is 38.1 Å². The molecule has 13 heavy (non-hydrogen) atoms. The third-order valence-electron chi connectivity index (χ3n) is 4.23. The Labute approximate surface area is 82.5 Å². The second kappa shape index (κ2) is 3.61. The molecule has 0 spiro atoms. The maximum atomic E-state index is 2.68. The van der Waals surface area contributed by atoms with Crippen molar-refractivity contribution in [3.8, 4) is 0 Å². The number of hydrogen-bond donors (Lipinski definition) is 0. The highest BCUT2D eigenvalue weighted by Gasteiger charge is 2.40. The van der Waals surface area contributed by atoms with Crippen LogP contribution in [0.1, 0.15) is 46.0 Å². The van der Waals surface area contributed by atoms with E-state index in [1.54, 1.807) is 0 Å². The molecule has 0 aromatic rings. The van der Waals surface area contributed by atoms with Gasteiger partial charge in [-0.25, -0.2) is 0 Å². The van der Waals surface area contributed by atoms with Gasteiger partial charge in [-0.15, -0.1) is 0 Å². The fraction of sp³-hybridized carbons (Fsp3) is 1.00. The lowest BCUT2D eigenvalue weighted by atomic mass is 9.84. The standard InChI is InChI=1S/C12H23N/c1-9(2)12-8-10-6-4-5-7-11(10)13(12)3/h9-12H,4-8H2,1-3H3. The van der Waals surface area contributed by atoms with Gasteiger partial charge in [-0.3, -0.25) is 4.90 Å². The van der Waals surface area contributed by atoms with Gasteiger partial charge in [0.2, 0.25) is 0 Å². The zero-order valence-corrected chi connectivity index (χ0v) is 9.29. The van der Waals surface area contributed by atoms with Gasteiger partial charge in [0, 0.05) is 12.1 Å². The van der Waals surface area contributed by atoms with Crippen LogP contribution in [0.15, 0.2) is 0 Å². The van der Waals surface area contributed by atoms with Crippen molar-refractivity contribution >= 4 is 0 Å². The molecule has 76 valence electrons. The molecule has 1 nitrogen and oxygen atoms in total. The Morgan fingerprint density at radius 2 is 1.85 bits per heavy atom. The summed E-state index contributed by atoms with van der Waals surface area (Å²) in [5.74, 6) is 1.88. The number of rotatable bonds is 1. The van der Waals surface area contributed by atoms with Gasteiger partial charge in [0.05, 0.1) is 0 Å². The minimum Gasteiger partial charge on any atom is -0.300 e. The molecule has 3 atom stereocenters. The highest BCUT2D eigenvalue weighted by Crippen LogP contribution is 2.40.